The van der Waals surface area contributed by atoms with Crippen LogP contribution in [0.1, 0.15) is 18.1 Å². The maximum absolute atomic E-state index is 11.6. The number of para-hydroxylation sites is 2. The topological polar surface area (TPSA) is 220 Å². The number of aromatic hydroxyl groups is 2. The molecule has 42 heavy (non-hydrogen) atoms. The van der Waals surface area contributed by atoms with Gasteiger partial charge in [-0.15, -0.1) is 0 Å². The summed E-state index contributed by atoms with van der Waals surface area (Å²) in [5, 5.41) is 71.3. The Morgan fingerprint density at radius 3 is 2.05 bits per heavy atom. The minimum Gasteiger partial charge on any atom is -0.508 e. The third-order valence-electron chi connectivity index (χ3n) is 6.27. The van der Waals surface area contributed by atoms with E-state index in [0.717, 1.165) is 13.1 Å². The van der Waals surface area contributed by atoms with Crippen LogP contribution in [0, 0.1) is 0 Å². The van der Waals surface area contributed by atoms with Gasteiger partial charge in [0.2, 0.25) is 0 Å². The fourth-order valence-electron chi connectivity index (χ4n) is 4.09. The van der Waals surface area contributed by atoms with E-state index in [0.29, 0.717) is 11.1 Å². The van der Waals surface area contributed by atoms with E-state index in [9.17, 15) is 40.5 Å². The number of phenolic OH excluding ortho intramolecular Hbond substituents is 2. The highest BCUT2D eigenvalue weighted by molar-refractivity contribution is 5.66. The molecule has 2 aromatic rings. The fraction of sp³-hybridized carbons (Fsp3) is 0.464. The molecule has 0 unspecified atom stereocenters. The van der Waals surface area contributed by atoms with Gasteiger partial charge in [-0.05, 0) is 12.1 Å². The number of esters is 1. The average molecular weight is 593 g/mol. The van der Waals surface area contributed by atoms with Crippen molar-refractivity contribution in [1.29, 1.82) is 0 Å². The smallest absolute Gasteiger partial charge is 0.303 e. The van der Waals surface area contributed by atoms with Crippen LogP contribution in [0.3, 0.4) is 0 Å². The lowest BCUT2D eigenvalue weighted by molar-refractivity contribution is -0.315. The summed E-state index contributed by atoms with van der Waals surface area (Å²) < 4.78 is 21.9. The van der Waals surface area contributed by atoms with Crippen molar-refractivity contribution < 1.29 is 59.5 Å². The summed E-state index contributed by atoms with van der Waals surface area (Å²) in [5.41, 5.74) is 0.973. The van der Waals surface area contributed by atoms with Gasteiger partial charge in [0.15, 0.2) is 18.7 Å². The first-order valence-corrected chi connectivity index (χ1v) is 13.1. The normalized spacial score (nSPS) is 25.0. The van der Waals surface area contributed by atoms with E-state index in [2.05, 4.69) is 9.98 Å². The zero-order valence-corrected chi connectivity index (χ0v) is 22.8. The van der Waals surface area contributed by atoms with Gasteiger partial charge >= 0.3 is 5.97 Å². The van der Waals surface area contributed by atoms with E-state index >= 15 is 0 Å². The molecule has 1 aliphatic rings. The molecule has 8 atom stereocenters. The Morgan fingerprint density at radius 2 is 1.52 bits per heavy atom. The molecule has 230 valence electrons. The van der Waals surface area contributed by atoms with E-state index < -0.39 is 68.4 Å². The standard InChI is InChI=1S/C28H36N2O12/c1-16(33)39-27-25(37)23(15-32)42-28(26(27)38)41-21(12-29-10-17-6-2-4-8-19(17)34)22(14-31)40-24(36)13-30-11-18-7-3-5-9-20(18)35/h2-9,12-13,21-28,31-32,34-38H,10-11,14-15H2,1H3/t21-,22-,23+,24-,25+,26+,27-,28+/m1/s1. The first kappa shape index (κ1) is 33.0. The predicted molar refractivity (Wildman–Crippen MR) is 147 cm³/mol. The Bertz CT molecular complexity index is 1190. The number of carbonyl (C=O) groups excluding carboxylic acids is 1. The molecule has 7 N–H and O–H groups in total. The maximum atomic E-state index is 11.6. The van der Waals surface area contributed by atoms with Crippen molar-refractivity contribution in [3.63, 3.8) is 0 Å². The second kappa shape index (κ2) is 16.2. The molecular formula is C28H36N2O12. The minimum absolute atomic E-state index is 0.00630. The van der Waals surface area contributed by atoms with Gasteiger partial charge in [0.25, 0.3) is 0 Å². The number of rotatable bonds is 14. The lowest BCUT2D eigenvalue weighted by atomic mass is 9.99. The molecular weight excluding hydrogens is 556 g/mol. The molecule has 0 spiro atoms. The summed E-state index contributed by atoms with van der Waals surface area (Å²) in [6.07, 6.45) is -9.79. The molecule has 0 radical (unpaired) electrons. The largest absolute Gasteiger partial charge is 0.508 e. The van der Waals surface area contributed by atoms with Crippen LogP contribution in [-0.4, -0.2) is 117 Å². The van der Waals surface area contributed by atoms with Crippen LogP contribution < -0.4 is 0 Å². The SMILES string of the molecule is CC(=O)O[C@H]1[C@H](O)[C@@H](O[C@H](C=NCc2ccccc2O)[C@@H](CO)O[C@@H](O)C=NCc2ccccc2O)O[C@@H](CO)[C@@H]1O. The molecule has 0 saturated carbocycles. The average Bonchev–Trinajstić information content (AvgIpc) is 2.96. The van der Waals surface area contributed by atoms with Crippen molar-refractivity contribution in [2.24, 2.45) is 9.98 Å². The van der Waals surface area contributed by atoms with Crippen molar-refractivity contribution in [2.45, 2.75) is 69.2 Å². The number of ether oxygens (including phenoxy) is 4. The van der Waals surface area contributed by atoms with Crippen LogP contribution in [0.5, 0.6) is 11.5 Å². The van der Waals surface area contributed by atoms with Crippen LogP contribution >= 0.6 is 0 Å². The second-order valence-corrected chi connectivity index (χ2v) is 9.37. The van der Waals surface area contributed by atoms with Gasteiger partial charge in [0.1, 0.15) is 42.0 Å². The summed E-state index contributed by atoms with van der Waals surface area (Å²) in [4.78, 5) is 19.8. The lowest BCUT2D eigenvalue weighted by Crippen LogP contribution is -2.61. The highest BCUT2D eigenvalue weighted by Gasteiger charge is 2.48. The molecule has 1 fully saturated rings. The van der Waals surface area contributed by atoms with E-state index in [1.54, 1.807) is 36.4 Å². The minimum atomic E-state index is -1.73. The number of aliphatic hydroxyl groups is 5. The summed E-state index contributed by atoms with van der Waals surface area (Å²) in [6.45, 7) is -0.338. The Kier molecular flexibility index (Phi) is 12.8. The summed E-state index contributed by atoms with van der Waals surface area (Å²) >= 11 is 0. The Balaban J connectivity index is 1.79. The highest BCUT2D eigenvalue weighted by atomic mass is 16.7. The molecule has 0 amide bonds. The van der Waals surface area contributed by atoms with Gasteiger partial charge in [0.05, 0.1) is 32.5 Å². The maximum Gasteiger partial charge on any atom is 0.303 e. The fourth-order valence-corrected chi connectivity index (χ4v) is 4.09. The Labute approximate surface area is 241 Å². The molecule has 0 aliphatic carbocycles. The highest BCUT2D eigenvalue weighted by Crippen LogP contribution is 2.26. The van der Waals surface area contributed by atoms with Gasteiger partial charge in [-0.2, -0.15) is 0 Å². The third kappa shape index (κ3) is 9.27. The molecule has 0 aromatic heterocycles. The summed E-state index contributed by atoms with van der Waals surface area (Å²) in [6, 6.07) is 13.0. The number of phenols is 2. The van der Waals surface area contributed by atoms with Crippen molar-refractivity contribution in [3.05, 3.63) is 59.7 Å². The van der Waals surface area contributed by atoms with Gasteiger partial charge in [0, 0.05) is 24.3 Å². The van der Waals surface area contributed by atoms with Crippen LogP contribution in [-0.2, 0) is 36.8 Å². The van der Waals surface area contributed by atoms with Crippen molar-refractivity contribution in [1.82, 2.24) is 0 Å². The number of aliphatic imine (C=N–C) groups is 2. The number of benzene rings is 2. The number of hydrogen-bond donors (Lipinski definition) is 7. The van der Waals surface area contributed by atoms with Gasteiger partial charge < -0.3 is 54.7 Å². The van der Waals surface area contributed by atoms with E-state index in [-0.39, 0.29) is 24.6 Å². The van der Waals surface area contributed by atoms with E-state index in [1.165, 1.54) is 18.3 Å². The van der Waals surface area contributed by atoms with Crippen molar-refractivity contribution in [3.8, 4) is 11.5 Å². The summed E-state index contributed by atoms with van der Waals surface area (Å²) in [5.74, 6) is -0.788. The molecule has 2 aromatic carbocycles. The zero-order chi connectivity index (χ0) is 30.6. The van der Waals surface area contributed by atoms with E-state index in [1.807, 2.05) is 0 Å². The molecule has 1 heterocycles. The first-order chi connectivity index (χ1) is 20.1. The van der Waals surface area contributed by atoms with Crippen LogP contribution in [0.2, 0.25) is 0 Å². The Hall–Kier alpha value is -3.47. The van der Waals surface area contributed by atoms with Crippen LogP contribution in [0.4, 0.5) is 0 Å². The number of carbonyl (C=O) groups is 1. The third-order valence-corrected chi connectivity index (χ3v) is 6.27. The number of hydrogen-bond acceptors (Lipinski definition) is 14. The predicted octanol–water partition coefficient (Wildman–Crippen LogP) is -0.609. The molecule has 3 rings (SSSR count). The molecule has 1 aliphatic heterocycles. The molecule has 0 bridgehead atoms. The Morgan fingerprint density at radius 1 is 0.952 bits per heavy atom. The quantitative estimate of drug-likeness (QED) is 0.0830. The molecule has 14 heteroatoms. The number of nitrogens with zero attached hydrogens (tertiary/aromatic N) is 2. The summed E-state index contributed by atoms with van der Waals surface area (Å²) in [7, 11) is 0. The van der Waals surface area contributed by atoms with Gasteiger partial charge in [-0.1, -0.05) is 36.4 Å². The van der Waals surface area contributed by atoms with Crippen molar-refractivity contribution >= 4 is 18.4 Å². The second-order valence-electron chi connectivity index (χ2n) is 9.37. The monoisotopic (exact) mass is 592 g/mol. The molecule has 1 saturated heterocycles. The van der Waals surface area contributed by atoms with Gasteiger partial charge in [-0.3, -0.25) is 14.8 Å². The van der Waals surface area contributed by atoms with Crippen LogP contribution in [0.15, 0.2) is 58.5 Å². The van der Waals surface area contributed by atoms with Crippen LogP contribution in [0.25, 0.3) is 0 Å². The molecule has 14 nitrogen and oxygen atoms in total. The van der Waals surface area contributed by atoms with Crippen molar-refractivity contribution in [2.75, 3.05) is 13.2 Å². The zero-order valence-electron chi connectivity index (χ0n) is 22.8. The first-order valence-electron chi connectivity index (χ1n) is 13.1. The van der Waals surface area contributed by atoms with Gasteiger partial charge in [-0.25, -0.2) is 0 Å². The van der Waals surface area contributed by atoms with E-state index in [4.69, 9.17) is 18.9 Å². The lowest BCUT2D eigenvalue weighted by Gasteiger charge is -2.42. The number of aliphatic hydroxyl groups excluding tert-OH is 5.